The van der Waals surface area contributed by atoms with Crippen molar-refractivity contribution in [3.8, 4) is 5.75 Å². The molecule has 0 spiro atoms. The van der Waals surface area contributed by atoms with Crippen LogP contribution in [0.5, 0.6) is 5.75 Å². The third kappa shape index (κ3) is 6.08. The number of rotatable bonds is 7. The Labute approximate surface area is 161 Å². The monoisotopic (exact) mass is 390 g/mol. The first-order valence-corrected chi connectivity index (χ1v) is 10.3. The molecule has 0 aliphatic rings. The predicted molar refractivity (Wildman–Crippen MR) is 107 cm³/mol. The highest BCUT2D eigenvalue weighted by Crippen LogP contribution is 2.23. The van der Waals surface area contributed by atoms with Crippen molar-refractivity contribution in [2.45, 2.75) is 44.6 Å². The molecule has 0 bridgehead atoms. The molecule has 0 aliphatic heterocycles. The third-order valence-corrected chi connectivity index (χ3v) is 5.25. The van der Waals surface area contributed by atoms with E-state index in [0.29, 0.717) is 17.9 Å². The van der Waals surface area contributed by atoms with E-state index in [4.69, 9.17) is 4.74 Å². The Morgan fingerprint density at radius 3 is 2.44 bits per heavy atom. The number of sulfonamides is 1. The van der Waals surface area contributed by atoms with Crippen molar-refractivity contribution in [1.29, 1.82) is 0 Å². The molecular weight excluding hydrogens is 364 g/mol. The van der Waals surface area contributed by atoms with Crippen LogP contribution in [0.15, 0.2) is 53.4 Å². The van der Waals surface area contributed by atoms with E-state index >= 15 is 0 Å². The zero-order chi connectivity index (χ0) is 20.1. The maximum atomic E-state index is 12.7. The number of anilines is 1. The van der Waals surface area contributed by atoms with Crippen molar-refractivity contribution < 1.29 is 17.9 Å². The fourth-order valence-corrected chi connectivity index (χ4v) is 3.99. The average molecular weight is 391 g/mol. The number of amides is 1. The zero-order valence-electron chi connectivity index (χ0n) is 16.1. The Morgan fingerprint density at radius 1 is 1.07 bits per heavy atom. The number of para-hydroxylation sites is 1. The summed E-state index contributed by atoms with van der Waals surface area (Å²) in [4.78, 5) is 12.6. The lowest BCUT2D eigenvalue weighted by Crippen LogP contribution is -2.40. The molecule has 2 aromatic carbocycles. The molecule has 2 aromatic rings. The van der Waals surface area contributed by atoms with Gasteiger partial charge in [0.1, 0.15) is 10.6 Å². The molecule has 2 N–H and O–H groups in total. The Hall–Kier alpha value is -2.38. The van der Waals surface area contributed by atoms with E-state index in [-0.39, 0.29) is 10.6 Å². The van der Waals surface area contributed by atoms with Gasteiger partial charge in [-0.1, -0.05) is 25.1 Å². The van der Waals surface area contributed by atoms with Gasteiger partial charge in [-0.2, -0.15) is 0 Å². The minimum atomic E-state index is -3.79. The summed E-state index contributed by atoms with van der Waals surface area (Å²) in [6, 6.07) is 13.1. The number of hydrogen-bond acceptors (Lipinski definition) is 4. The van der Waals surface area contributed by atoms with Crippen molar-refractivity contribution in [2.24, 2.45) is 0 Å². The predicted octanol–water partition coefficient (Wildman–Crippen LogP) is 3.80. The van der Waals surface area contributed by atoms with Crippen molar-refractivity contribution in [1.82, 2.24) is 4.72 Å². The van der Waals surface area contributed by atoms with Crippen LogP contribution < -0.4 is 14.8 Å². The lowest BCUT2D eigenvalue weighted by molar-refractivity contribution is 0.102. The number of nitrogens with one attached hydrogen (secondary N) is 2. The molecule has 0 unspecified atom stereocenters. The van der Waals surface area contributed by atoms with Gasteiger partial charge in [-0.25, -0.2) is 13.1 Å². The van der Waals surface area contributed by atoms with Gasteiger partial charge in [-0.3, -0.25) is 4.79 Å². The van der Waals surface area contributed by atoms with E-state index in [1.165, 1.54) is 6.07 Å². The smallest absolute Gasteiger partial charge is 0.255 e. The van der Waals surface area contributed by atoms with E-state index in [2.05, 4.69) is 10.0 Å². The lowest BCUT2D eigenvalue weighted by atomic mass is 10.1. The van der Waals surface area contributed by atoms with Crippen LogP contribution in [0.1, 0.15) is 44.5 Å². The van der Waals surface area contributed by atoms with Crippen LogP contribution in [0.3, 0.4) is 0 Å². The van der Waals surface area contributed by atoms with E-state index in [0.717, 1.165) is 6.42 Å². The number of ether oxygens (including phenoxy) is 1. The van der Waals surface area contributed by atoms with Crippen molar-refractivity contribution in [3.63, 3.8) is 0 Å². The van der Waals surface area contributed by atoms with E-state index in [9.17, 15) is 13.2 Å². The van der Waals surface area contributed by atoms with Crippen LogP contribution in [-0.4, -0.2) is 26.5 Å². The topological polar surface area (TPSA) is 84.5 Å². The number of hydrogen-bond donors (Lipinski definition) is 2. The molecule has 0 aliphatic carbocycles. The maximum absolute atomic E-state index is 12.7. The third-order valence-electron chi connectivity index (χ3n) is 3.43. The van der Waals surface area contributed by atoms with Crippen LogP contribution in [-0.2, 0) is 10.0 Å². The highest BCUT2D eigenvalue weighted by Gasteiger charge is 2.25. The van der Waals surface area contributed by atoms with Gasteiger partial charge < -0.3 is 10.1 Å². The molecule has 27 heavy (non-hydrogen) atoms. The first-order chi connectivity index (χ1) is 12.6. The number of carbonyl (C=O) groups is 1. The van der Waals surface area contributed by atoms with Gasteiger partial charge >= 0.3 is 0 Å². The van der Waals surface area contributed by atoms with E-state index in [1.807, 2.05) is 6.92 Å². The highest BCUT2D eigenvalue weighted by molar-refractivity contribution is 7.89. The Kier molecular flexibility index (Phi) is 6.62. The fourth-order valence-electron chi connectivity index (χ4n) is 2.40. The Balaban J connectivity index is 2.27. The van der Waals surface area contributed by atoms with Crippen LogP contribution in [0.4, 0.5) is 5.69 Å². The van der Waals surface area contributed by atoms with E-state index < -0.39 is 21.5 Å². The molecule has 0 saturated heterocycles. The molecule has 6 nitrogen and oxygen atoms in total. The summed E-state index contributed by atoms with van der Waals surface area (Å²) in [5, 5.41) is 2.69. The molecule has 0 atom stereocenters. The second-order valence-electron chi connectivity index (χ2n) is 7.18. The zero-order valence-corrected chi connectivity index (χ0v) is 16.9. The number of carbonyl (C=O) groups excluding carboxylic acids is 1. The van der Waals surface area contributed by atoms with Gasteiger partial charge in [-0.05, 0) is 57.5 Å². The lowest BCUT2D eigenvalue weighted by Gasteiger charge is -2.21. The Bertz CT molecular complexity index is 902. The number of benzene rings is 2. The summed E-state index contributed by atoms with van der Waals surface area (Å²) >= 11 is 0. The van der Waals surface area contributed by atoms with Crippen LogP contribution >= 0.6 is 0 Å². The average Bonchev–Trinajstić information content (AvgIpc) is 2.58. The second kappa shape index (κ2) is 8.54. The van der Waals surface area contributed by atoms with Gasteiger partial charge in [0.2, 0.25) is 10.0 Å². The van der Waals surface area contributed by atoms with Crippen molar-refractivity contribution in [2.75, 3.05) is 11.9 Å². The summed E-state index contributed by atoms with van der Waals surface area (Å²) in [6.07, 6.45) is 0.864. The molecule has 0 aromatic heterocycles. The summed E-state index contributed by atoms with van der Waals surface area (Å²) in [5.74, 6) is 0.190. The van der Waals surface area contributed by atoms with Gasteiger partial charge in [-0.15, -0.1) is 0 Å². The molecule has 0 heterocycles. The molecular formula is C20H26N2O4S. The van der Waals surface area contributed by atoms with E-state index in [1.54, 1.807) is 63.2 Å². The minimum absolute atomic E-state index is 0.0201. The first kappa shape index (κ1) is 20.9. The second-order valence-corrected chi connectivity index (χ2v) is 8.83. The van der Waals surface area contributed by atoms with Gasteiger partial charge in [0.15, 0.2) is 0 Å². The molecule has 7 heteroatoms. The summed E-state index contributed by atoms with van der Waals surface area (Å²) in [7, 11) is -3.79. The van der Waals surface area contributed by atoms with Crippen LogP contribution in [0, 0.1) is 0 Å². The van der Waals surface area contributed by atoms with Gasteiger partial charge in [0.05, 0.1) is 12.3 Å². The summed E-state index contributed by atoms with van der Waals surface area (Å²) < 4.78 is 33.5. The minimum Gasteiger partial charge on any atom is -0.494 e. The highest BCUT2D eigenvalue weighted by atomic mass is 32.2. The van der Waals surface area contributed by atoms with Crippen LogP contribution in [0.2, 0.25) is 0 Å². The summed E-state index contributed by atoms with van der Waals surface area (Å²) in [6.45, 7) is 7.83. The standard InChI is InChI=1S/C20H26N2O4S/c1-5-13-26-16-10-8-9-15(14-16)19(23)21-17-11-6-7-12-18(17)27(24,25)22-20(2,3)4/h6-12,14,22H,5,13H2,1-4H3,(H,21,23). The molecule has 0 saturated carbocycles. The molecule has 0 radical (unpaired) electrons. The molecule has 1 amide bonds. The SMILES string of the molecule is CCCOc1cccc(C(=O)Nc2ccccc2S(=O)(=O)NC(C)(C)C)c1. The summed E-state index contributed by atoms with van der Waals surface area (Å²) in [5.41, 5.74) is -0.0281. The first-order valence-electron chi connectivity index (χ1n) is 8.79. The normalized spacial score (nSPS) is 11.9. The maximum Gasteiger partial charge on any atom is 0.255 e. The quantitative estimate of drug-likeness (QED) is 0.753. The van der Waals surface area contributed by atoms with Gasteiger partial charge in [0, 0.05) is 11.1 Å². The Morgan fingerprint density at radius 2 is 1.78 bits per heavy atom. The molecule has 0 fully saturated rings. The van der Waals surface area contributed by atoms with Gasteiger partial charge in [0.25, 0.3) is 5.91 Å². The van der Waals surface area contributed by atoms with Crippen molar-refractivity contribution >= 4 is 21.6 Å². The fraction of sp³-hybridized carbons (Fsp3) is 0.350. The molecule has 2 rings (SSSR count). The largest absolute Gasteiger partial charge is 0.494 e. The van der Waals surface area contributed by atoms with Crippen LogP contribution in [0.25, 0.3) is 0 Å². The molecule has 146 valence electrons. The van der Waals surface area contributed by atoms with Crippen molar-refractivity contribution in [3.05, 3.63) is 54.1 Å².